The summed E-state index contributed by atoms with van der Waals surface area (Å²) in [7, 11) is 1.49. The summed E-state index contributed by atoms with van der Waals surface area (Å²) < 4.78 is 0. The number of hydrogen-bond donors (Lipinski definition) is 1. The highest BCUT2D eigenvalue weighted by Gasteiger charge is 2.26. The fourth-order valence-electron chi connectivity index (χ4n) is 1.09. The lowest BCUT2D eigenvalue weighted by Crippen LogP contribution is -2.38. The second-order valence-corrected chi connectivity index (χ2v) is 2.65. The Balaban J connectivity index is 2.81. The molecule has 0 atom stereocenters. The van der Waals surface area contributed by atoms with E-state index in [-0.39, 0.29) is 24.9 Å². The molecule has 0 radical (unpaired) electrons. The molecule has 1 heterocycles. The first kappa shape index (κ1) is 10.2. The number of aldehydes is 1. The van der Waals surface area contributed by atoms with E-state index in [0.717, 1.165) is 0 Å². The molecule has 14 heavy (non-hydrogen) atoms. The molecule has 7 heteroatoms. The second kappa shape index (κ2) is 4.35. The topological polar surface area (TPSA) is 85.6 Å². The van der Waals surface area contributed by atoms with E-state index in [0.29, 0.717) is 12.7 Å². The SMILES string of the molecule is CN(C=O)C1=NCN(CC=O)C1=NO. The van der Waals surface area contributed by atoms with Crippen LogP contribution >= 0.6 is 0 Å². The quantitative estimate of drug-likeness (QED) is 0.348. The molecule has 1 N–H and O–H groups in total. The Morgan fingerprint density at radius 3 is 2.93 bits per heavy atom. The highest BCUT2D eigenvalue weighted by molar-refractivity contribution is 6.42. The molecule has 0 aromatic rings. The van der Waals surface area contributed by atoms with Gasteiger partial charge < -0.3 is 14.9 Å². The third-order valence-corrected chi connectivity index (χ3v) is 1.77. The van der Waals surface area contributed by atoms with Crippen molar-refractivity contribution < 1.29 is 14.8 Å². The van der Waals surface area contributed by atoms with Gasteiger partial charge in [-0.2, -0.15) is 0 Å². The van der Waals surface area contributed by atoms with Gasteiger partial charge in [-0.05, 0) is 0 Å². The molecule has 0 spiro atoms. The highest BCUT2D eigenvalue weighted by atomic mass is 16.4. The van der Waals surface area contributed by atoms with Gasteiger partial charge in [0.25, 0.3) is 0 Å². The molecule has 0 saturated carbocycles. The Bertz CT molecular complexity index is 299. The van der Waals surface area contributed by atoms with Crippen molar-refractivity contribution in [3.05, 3.63) is 0 Å². The normalized spacial score (nSPS) is 18.2. The van der Waals surface area contributed by atoms with Gasteiger partial charge in [0.05, 0.1) is 6.54 Å². The minimum atomic E-state index is 0.0824. The molecule has 1 aliphatic heterocycles. The van der Waals surface area contributed by atoms with Crippen molar-refractivity contribution in [2.24, 2.45) is 10.1 Å². The van der Waals surface area contributed by atoms with Crippen LogP contribution in [0, 0.1) is 0 Å². The van der Waals surface area contributed by atoms with Crippen LogP contribution in [-0.4, -0.2) is 59.6 Å². The molecule has 1 aliphatic rings. The van der Waals surface area contributed by atoms with E-state index in [2.05, 4.69) is 10.1 Å². The fourth-order valence-corrected chi connectivity index (χ4v) is 1.09. The molecule has 7 nitrogen and oxygen atoms in total. The number of rotatable bonds is 3. The average Bonchev–Trinajstić information content (AvgIpc) is 2.60. The van der Waals surface area contributed by atoms with Crippen molar-refractivity contribution >= 4 is 24.4 Å². The molecule has 0 aromatic carbocycles. The average molecular weight is 198 g/mol. The van der Waals surface area contributed by atoms with Gasteiger partial charge in [0, 0.05) is 7.05 Å². The standard InChI is InChI=1S/C7H10N4O3/c1-10(5-13)6-7(9-14)11(2-3-12)4-8-6/h3,5,14H,2,4H2,1H3. The molecule has 1 rings (SSSR count). The van der Waals surface area contributed by atoms with Crippen molar-refractivity contribution in [2.45, 2.75) is 0 Å². The molecule has 0 unspecified atom stereocenters. The number of hydrogen-bond acceptors (Lipinski definition) is 5. The zero-order valence-corrected chi connectivity index (χ0v) is 7.62. The molecule has 0 aliphatic carbocycles. The Hall–Kier alpha value is -1.92. The largest absolute Gasteiger partial charge is 0.409 e. The van der Waals surface area contributed by atoms with Gasteiger partial charge in [0.2, 0.25) is 12.2 Å². The van der Waals surface area contributed by atoms with Gasteiger partial charge in [-0.1, -0.05) is 5.16 Å². The zero-order chi connectivity index (χ0) is 10.6. The van der Waals surface area contributed by atoms with E-state index in [1.807, 2.05) is 0 Å². The van der Waals surface area contributed by atoms with Crippen molar-refractivity contribution in [3.63, 3.8) is 0 Å². The third-order valence-electron chi connectivity index (χ3n) is 1.77. The zero-order valence-electron chi connectivity index (χ0n) is 7.62. The van der Waals surface area contributed by atoms with E-state index in [1.54, 1.807) is 0 Å². The van der Waals surface area contributed by atoms with Gasteiger partial charge in [-0.3, -0.25) is 9.69 Å². The second-order valence-electron chi connectivity index (χ2n) is 2.65. The Morgan fingerprint density at radius 2 is 2.43 bits per heavy atom. The molecule has 1 amide bonds. The number of carbonyl (C=O) groups is 2. The van der Waals surface area contributed by atoms with E-state index in [4.69, 9.17) is 5.21 Å². The van der Waals surface area contributed by atoms with Gasteiger partial charge in [-0.25, -0.2) is 4.99 Å². The van der Waals surface area contributed by atoms with E-state index in [9.17, 15) is 9.59 Å². The summed E-state index contributed by atoms with van der Waals surface area (Å²) in [5.41, 5.74) is 0. The van der Waals surface area contributed by atoms with Gasteiger partial charge in [0.1, 0.15) is 13.0 Å². The lowest BCUT2D eigenvalue weighted by molar-refractivity contribution is -0.114. The molecular formula is C7H10N4O3. The molecule has 76 valence electrons. The first-order chi connectivity index (χ1) is 6.74. The summed E-state index contributed by atoms with van der Waals surface area (Å²) in [6.45, 7) is 0.296. The Kier molecular flexibility index (Phi) is 3.16. The summed E-state index contributed by atoms with van der Waals surface area (Å²) in [6.07, 6.45) is 1.22. The van der Waals surface area contributed by atoms with Crippen LogP contribution in [0.2, 0.25) is 0 Å². The highest BCUT2D eigenvalue weighted by Crippen LogP contribution is 2.05. The van der Waals surface area contributed by atoms with Crippen LogP contribution in [0.15, 0.2) is 10.1 Å². The Labute approximate surface area is 80.3 Å². The number of amides is 1. The van der Waals surface area contributed by atoms with Crippen LogP contribution in [-0.2, 0) is 9.59 Å². The predicted molar refractivity (Wildman–Crippen MR) is 48.1 cm³/mol. The van der Waals surface area contributed by atoms with Crippen LogP contribution in [0.1, 0.15) is 0 Å². The third kappa shape index (κ3) is 1.70. The summed E-state index contributed by atoms with van der Waals surface area (Å²) in [6, 6.07) is 0. The van der Waals surface area contributed by atoms with Crippen molar-refractivity contribution in [1.82, 2.24) is 9.80 Å². The number of oxime groups is 1. The minimum Gasteiger partial charge on any atom is -0.409 e. The van der Waals surface area contributed by atoms with E-state index in [1.165, 1.54) is 16.8 Å². The summed E-state index contributed by atoms with van der Waals surface area (Å²) in [5, 5.41) is 11.7. The van der Waals surface area contributed by atoms with Gasteiger partial charge in [0.15, 0.2) is 5.84 Å². The first-order valence-electron chi connectivity index (χ1n) is 3.88. The van der Waals surface area contributed by atoms with Crippen LogP contribution in [0.5, 0.6) is 0 Å². The number of nitrogens with zero attached hydrogens (tertiary/aromatic N) is 4. The molecule has 0 saturated heterocycles. The lowest BCUT2D eigenvalue weighted by atomic mass is 10.4. The summed E-state index contributed by atoms with van der Waals surface area (Å²) >= 11 is 0. The van der Waals surface area contributed by atoms with Crippen LogP contribution < -0.4 is 0 Å². The smallest absolute Gasteiger partial charge is 0.215 e. The lowest BCUT2D eigenvalue weighted by Gasteiger charge is -2.15. The Morgan fingerprint density at radius 1 is 1.71 bits per heavy atom. The predicted octanol–water partition coefficient (Wildman–Crippen LogP) is -1.27. The number of likely N-dealkylation sites (N-methyl/N-ethyl adjacent to an activating group) is 1. The van der Waals surface area contributed by atoms with E-state index >= 15 is 0 Å². The first-order valence-corrected chi connectivity index (χ1v) is 3.88. The monoisotopic (exact) mass is 198 g/mol. The molecule has 0 aromatic heterocycles. The molecule has 0 bridgehead atoms. The number of amidine groups is 2. The molecular weight excluding hydrogens is 188 g/mol. The minimum absolute atomic E-state index is 0.0824. The maximum atomic E-state index is 10.4. The van der Waals surface area contributed by atoms with Gasteiger partial charge in [-0.15, -0.1) is 0 Å². The van der Waals surface area contributed by atoms with Crippen LogP contribution in [0.4, 0.5) is 0 Å². The number of carbonyl (C=O) groups excluding carboxylic acids is 2. The van der Waals surface area contributed by atoms with Crippen LogP contribution in [0.25, 0.3) is 0 Å². The number of aliphatic imine (C=N–C) groups is 1. The molecule has 0 fully saturated rings. The maximum Gasteiger partial charge on any atom is 0.215 e. The van der Waals surface area contributed by atoms with Gasteiger partial charge >= 0.3 is 0 Å². The fraction of sp³-hybridized carbons (Fsp3) is 0.429. The summed E-state index contributed by atoms with van der Waals surface area (Å²) in [4.78, 5) is 27.3. The maximum absolute atomic E-state index is 10.4. The summed E-state index contributed by atoms with van der Waals surface area (Å²) in [5.74, 6) is 0.385. The van der Waals surface area contributed by atoms with E-state index < -0.39 is 0 Å². The van der Waals surface area contributed by atoms with Crippen molar-refractivity contribution in [1.29, 1.82) is 0 Å². The van der Waals surface area contributed by atoms with Crippen LogP contribution in [0.3, 0.4) is 0 Å². The van der Waals surface area contributed by atoms with Crippen molar-refractivity contribution in [3.8, 4) is 0 Å². The van der Waals surface area contributed by atoms with Crippen molar-refractivity contribution in [2.75, 3.05) is 20.3 Å².